The van der Waals surface area contributed by atoms with Gasteiger partial charge in [-0.3, -0.25) is 4.79 Å². The Hall–Kier alpha value is -2.43. The lowest BCUT2D eigenvalue weighted by Crippen LogP contribution is -2.30. The van der Waals surface area contributed by atoms with Gasteiger partial charge in [-0.25, -0.2) is 0 Å². The molecule has 24 heavy (non-hydrogen) atoms. The molecule has 5 nitrogen and oxygen atoms in total. The molecule has 1 atom stereocenters. The molecule has 128 valence electrons. The minimum atomic E-state index is 0.105. The average Bonchev–Trinajstić information content (AvgIpc) is 3.30. The van der Waals surface area contributed by atoms with Crippen LogP contribution < -0.4 is 9.47 Å². The molecule has 1 unspecified atom stereocenters. The molecule has 1 aliphatic rings. The van der Waals surface area contributed by atoms with Crippen LogP contribution in [0.25, 0.3) is 0 Å². The Morgan fingerprint density at radius 3 is 2.79 bits per heavy atom. The van der Waals surface area contributed by atoms with Gasteiger partial charge in [-0.2, -0.15) is 0 Å². The summed E-state index contributed by atoms with van der Waals surface area (Å²) < 4.78 is 16.0. The largest absolute Gasteiger partial charge is 0.493 e. The molecule has 1 saturated heterocycles. The number of carbonyl (C=O) groups is 1. The number of ether oxygens (including phenoxy) is 2. The molecule has 1 aliphatic heterocycles. The van der Waals surface area contributed by atoms with E-state index in [1.807, 2.05) is 35.2 Å². The summed E-state index contributed by atoms with van der Waals surface area (Å²) in [6.45, 7) is 0.802. The lowest BCUT2D eigenvalue weighted by molar-refractivity contribution is -0.132. The van der Waals surface area contributed by atoms with E-state index in [0.717, 1.165) is 30.7 Å². The number of hydrogen-bond donors (Lipinski definition) is 0. The number of furan rings is 1. The first-order chi connectivity index (χ1) is 11.7. The lowest BCUT2D eigenvalue weighted by atomic mass is 10.0. The van der Waals surface area contributed by atoms with Gasteiger partial charge in [0.15, 0.2) is 11.5 Å². The molecule has 1 aromatic carbocycles. The highest BCUT2D eigenvalue weighted by Crippen LogP contribution is 2.37. The highest BCUT2D eigenvalue weighted by atomic mass is 16.5. The van der Waals surface area contributed by atoms with Crippen LogP contribution in [0.5, 0.6) is 11.5 Å². The first-order valence-electron chi connectivity index (χ1n) is 8.26. The Kier molecular flexibility index (Phi) is 5.08. The van der Waals surface area contributed by atoms with E-state index < -0.39 is 0 Å². The maximum atomic E-state index is 12.6. The fourth-order valence-electron chi connectivity index (χ4n) is 3.30. The number of amides is 1. The Balaban J connectivity index is 1.71. The van der Waals surface area contributed by atoms with E-state index in [1.165, 1.54) is 0 Å². The number of rotatable bonds is 6. The fraction of sp³-hybridized carbons (Fsp3) is 0.421. The van der Waals surface area contributed by atoms with Gasteiger partial charge in [0.05, 0.1) is 26.5 Å². The minimum Gasteiger partial charge on any atom is -0.493 e. The van der Waals surface area contributed by atoms with Crippen LogP contribution in [0.3, 0.4) is 0 Å². The van der Waals surface area contributed by atoms with Crippen molar-refractivity contribution >= 4 is 5.91 Å². The molecule has 2 heterocycles. The van der Waals surface area contributed by atoms with Crippen LogP contribution in [0.2, 0.25) is 0 Å². The van der Waals surface area contributed by atoms with Crippen LogP contribution in [-0.4, -0.2) is 31.6 Å². The van der Waals surface area contributed by atoms with Crippen LogP contribution in [0.1, 0.15) is 36.6 Å². The van der Waals surface area contributed by atoms with Gasteiger partial charge < -0.3 is 18.8 Å². The number of nitrogens with zero attached hydrogens (tertiary/aromatic N) is 1. The van der Waals surface area contributed by atoms with Gasteiger partial charge in [-0.1, -0.05) is 6.07 Å². The topological polar surface area (TPSA) is 51.9 Å². The molecule has 1 amide bonds. The molecule has 1 fully saturated rings. The molecule has 5 heteroatoms. The zero-order valence-corrected chi connectivity index (χ0v) is 14.2. The molecular weight excluding hydrogens is 306 g/mol. The summed E-state index contributed by atoms with van der Waals surface area (Å²) in [4.78, 5) is 14.6. The van der Waals surface area contributed by atoms with Gasteiger partial charge in [0.2, 0.25) is 5.91 Å². The van der Waals surface area contributed by atoms with Gasteiger partial charge in [-0.05, 0) is 42.7 Å². The van der Waals surface area contributed by atoms with Gasteiger partial charge in [0.25, 0.3) is 0 Å². The third-order valence-electron chi connectivity index (χ3n) is 4.53. The van der Waals surface area contributed by atoms with E-state index in [4.69, 9.17) is 13.9 Å². The van der Waals surface area contributed by atoms with Crippen LogP contribution in [0.4, 0.5) is 0 Å². The predicted molar refractivity (Wildman–Crippen MR) is 90.3 cm³/mol. The van der Waals surface area contributed by atoms with E-state index in [-0.39, 0.29) is 11.9 Å². The maximum absolute atomic E-state index is 12.6. The smallest absolute Gasteiger partial charge is 0.223 e. The van der Waals surface area contributed by atoms with E-state index >= 15 is 0 Å². The Labute approximate surface area is 142 Å². The summed E-state index contributed by atoms with van der Waals surface area (Å²) in [5.74, 6) is 2.42. The molecule has 0 bridgehead atoms. The van der Waals surface area contributed by atoms with Crippen molar-refractivity contribution in [1.29, 1.82) is 0 Å². The quantitative estimate of drug-likeness (QED) is 0.812. The monoisotopic (exact) mass is 329 g/mol. The van der Waals surface area contributed by atoms with Crippen molar-refractivity contribution in [2.45, 2.75) is 31.7 Å². The molecule has 0 N–H and O–H groups in total. The molecule has 0 spiro atoms. The molecular formula is C19H23NO4. The van der Waals surface area contributed by atoms with Crippen LogP contribution >= 0.6 is 0 Å². The molecule has 0 radical (unpaired) electrons. The van der Waals surface area contributed by atoms with Crippen molar-refractivity contribution in [2.75, 3.05) is 20.8 Å². The summed E-state index contributed by atoms with van der Waals surface area (Å²) in [7, 11) is 3.25. The van der Waals surface area contributed by atoms with Crippen molar-refractivity contribution in [3.05, 3.63) is 47.9 Å². The summed E-state index contributed by atoms with van der Waals surface area (Å²) in [5.41, 5.74) is 1.09. The third kappa shape index (κ3) is 3.40. The second-order valence-corrected chi connectivity index (χ2v) is 5.94. The van der Waals surface area contributed by atoms with Crippen molar-refractivity contribution in [1.82, 2.24) is 4.90 Å². The maximum Gasteiger partial charge on any atom is 0.223 e. The fourth-order valence-corrected chi connectivity index (χ4v) is 3.30. The number of benzene rings is 1. The van der Waals surface area contributed by atoms with E-state index in [9.17, 15) is 4.79 Å². The van der Waals surface area contributed by atoms with Gasteiger partial charge in [0.1, 0.15) is 5.76 Å². The molecule has 3 rings (SSSR count). The predicted octanol–water partition coefficient (Wildman–Crippen LogP) is 3.59. The molecule has 1 aromatic heterocycles. The van der Waals surface area contributed by atoms with Crippen LogP contribution in [0, 0.1) is 0 Å². The van der Waals surface area contributed by atoms with Crippen molar-refractivity contribution in [3.8, 4) is 11.5 Å². The van der Waals surface area contributed by atoms with Crippen molar-refractivity contribution < 1.29 is 18.7 Å². The summed E-state index contributed by atoms with van der Waals surface area (Å²) >= 11 is 0. The number of methoxy groups -OCH3 is 2. The van der Waals surface area contributed by atoms with E-state index in [2.05, 4.69) is 0 Å². The molecule has 0 saturated carbocycles. The van der Waals surface area contributed by atoms with E-state index in [0.29, 0.717) is 24.3 Å². The Bertz CT molecular complexity index is 681. The average molecular weight is 329 g/mol. The number of carbonyl (C=O) groups excluding carboxylic acids is 1. The minimum absolute atomic E-state index is 0.105. The van der Waals surface area contributed by atoms with E-state index in [1.54, 1.807) is 20.5 Å². The van der Waals surface area contributed by atoms with Crippen molar-refractivity contribution in [2.24, 2.45) is 0 Å². The second kappa shape index (κ2) is 7.43. The number of likely N-dealkylation sites (tertiary alicyclic amines) is 1. The Morgan fingerprint density at radius 1 is 1.25 bits per heavy atom. The highest BCUT2D eigenvalue weighted by Gasteiger charge is 2.30. The first-order valence-corrected chi connectivity index (χ1v) is 8.26. The summed E-state index contributed by atoms with van der Waals surface area (Å²) in [6.07, 6.45) is 4.74. The summed E-state index contributed by atoms with van der Waals surface area (Å²) in [6, 6.07) is 9.75. The Morgan fingerprint density at radius 2 is 2.08 bits per heavy atom. The second-order valence-electron chi connectivity index (χ2n) is 5.94. The summed E-state index contributed by atoms with van der Waals surface area (Å²) in [5, 5.41) is 0. The number of hydrogen-bond acceptors (Lipinski definition) is 4. The zero-order valence-electron chi connectivity index (χ0n) is 14.2. The van der Waals surface area contributed by atoms with Crippen LogP contribution in [0.15, 0.2) is 41.0 Å². The standard InChI is InChI=1S/C19H23NO4/c1-22-17-9-7-14(13-18(17)23-2)16-6-3-11-20(16)19(21)10-8-15-5-4-12-24-15/h4-5,7,9,12-13,16H,3,6,8,10-11H2,1-2H3. The molecule has 0 aliphatic carbocycles. The van der Waals surface area contributed by atoms with Gasteiger partial charge >= 0.3 is 0 Å². The number of aryl methyl sites for hydroxylation is 1. The molecule has 2 aromatic rings. The van der Waals surface area contributed by atoms with Crippen LogP contribution in [-0.2, 0) is 11.2 Å². The highest BCUT2D eigenvalue weighted by molar-refractivity contribution is 5.77. The zero-order chi connectivity index (χ0) is 16.9. The normalized spacial score (nSPS) is 17.1. The van der Waals surface area contributed by atoms with Gasteiger partial charge in [0, 0.05) is 19.4 Å². The third-order valence-corrected chi connectivity index (χ3v) is 4.53. The first kappa shape index (κ1) is 16.4. The van der Waals surface area contributed by atoms with Crippen molar-refractivity contribution in [3.63, 3.8) is 0 Å². The lowest BCUT2D eigenvalue weighted by Gasteiger charge is -2.25. The SMILES string of the molecule is COc1ccc(C2CCCN2C(=O)CCc2ccco2)cc1OC. The van der Waals surface area contributed by atoms with Gasteiger partial charge in [-0.15, -0.1) is 0 Å².